The summed E-state index contributed by atoms with van der Waals surface area (Å²) < 4.78 is 0. The van der Waals surface area contributed by atoms with Gasteiger partial charge in [-0.2, -0.15) is 0 Å². The van der Waals surface area contributed by atoms with Gasteiger partial charge in [-0.05, 0) is 24.1 Å². The Morgan fingerprint density at radius 3 is 2.73 bits per heavy atom. The molecular formula is C16H18N2O4. The standard InChI is InChI=1S/C16H18N2O4/c19-14-5-2-6-18(14)13-4-1-3-11(7-13)9-17-10-12(16(21)22)8-15(17)20/h1,3-4,7,12H,2,5-6,8-10H2,(H,21,22)/t12-/m0/s1. The number of nitrogens with zero attached hydrogens (tertiary/aromatic N) is 2. The van der Waals surface area contributed by atoms with Crippen molar-refractivity contribution in [2.45, 2.75) is 25.8 Å². The number of hydrogen-bond donors (Lipinski definition) is 1. The van der Waals surface area contributed by atoms with Crippen LogP contribution < -0.4 is 4.90 Å². The van der Waals surface area contributed by atoms with Gasteiger partial charge in [0.1, 0.15) is 0 Å². The maximum Gasteiger partial charge on any atom is 0.308 e. The number of carboxylic acid groups (broad SMARTS) is 1. The molecule has 22 heavy (non-hydrogen) atoms. The quantitative estimate of drug-likeness (QED) is 0.908. The van der Waals surface area contributed by atoms with Crippen LogP contribution in [0.4, 0.5) is 5.69 Å². The summed E-state index contributed by atoms with van der Waals surface area (Å²) in [6.45, 7) is 1.37. The van der Waals surface area contributed by atoms with Crippen molar-refractivity contribution in [1.82, 2.24) is 4.90 Å². The van der Waals surface area contributed by atoms with Crippen molar-refractivity contribution < 1.29 is 19.5 Å². The van der Waals surface area contributed by atoms with Crippen LogP contribution in [-0.4, -0.2) is 40.9 Å². The molecule has 3 rings (SSSR count). The van der Waals surface area contributed by atoms with Gasteiger partial charge >= 0.3 is 5.97 Å². The van der Waals surface area contributed by atoms with Crippen molar-refractivity contribution in [2.24, 2.45) is 5.92 Å². The third-order valence-corrected chi connectivity index (χ3v) is 4.23. The van der Waals surface area contributed by atoms with Gasteiger partial charge in [0.25, 0.3) is 0 Å². The number of benzene rings is 1. The van der Waals surface area contributed by atoms with Gasteiger partial charge < -0.3 is 14.9 Å². The van der Waals surface area contributed by atoms with Crippen molar-refractivity contribution in [1.29, 1.82) is 0 Å². The first-order valence-electron chi connectivity index (χ1n) is 7.44. The molecule has 1 atom stereocenters. The van der Waals surface area contributed by atoms with Crippen molar-refractivity contribution in [2.75, 3.05) is 18.0 Å². The minimum Gasteiger partial charge on any atom is -0.481 e. The molecule has 1 aromatic carbocycles. The molecule has 0 aromatic heterocycles. The summed E-state index contributed by atoms with van der Waals surface area (Å²) in [6.07, 6.45) is 1.52. The number of aliphatic carboxylic acids is 1. The lowest BCUT2D eigenvalue weighted by Gasteiger charge is -2.19. The minimum atomic E-state index is -0.924. The molecule has 0 bridgehead atoms. The summed E-state index contributed by atoms with van der Waals surface area (Å²) in [4.78, 5) is 38.0. The molecule has 0 radical (unpaired) electrons. The van der Waals surface area contributed by atoms with Gasteiger partial charge in [-0.15, -0.1) is 0 Å². The number of hydrogen-bond acceptors (Lipinski definition) is 3. The van der Waals surface area contributed by atoms with Gasteiger partial charge in [0.15, 0.2) is 0 Å². The van der Waals surface area contributed by atoms with Gasteiger partial charge in [0, 0.05) is 38.2 Å². The Hall–Kier alpha value is -2.37. The molecule has 2 aliphatic rings. The molecule has 116 valence electrons. The fourth-order valence-electron chi connectivity index (χ4n) is 3.05. The van der Waals surface area contributed by atoms with Crippen molar-refractivity contribution in [3.05, 3.63) is 29.8 Å². The van der Waals surface area contributed by atoms with E-state index in [1.54, 1.807) is 9.80 Å². The first-order chi connectivity index (χ1) is 10.5. The number of carbonyl (C=O) groups excluding carboxylic acids is 2. The molecule has 0 saturated carbocycles. The molecule has 6 nitrogen and oxygen atoms in total. The van der Waals surface area contributed by atoms with E-state index in [-0.39, 0.29) is 24.8 Å². The van der Waals surface area contributed by atoms with Gasteiger partial charge in [-0.3, -0.25) is 14.4 Å². The van der Waals surface area contributed by atoms with Crippen molar-refractivity contribution >= 4 is 23.5 Å². The van der Waals surface area contributed by atoms with E-state index in [1.807, 2.05) is 24.3 Å². The summed E-state index contributed by atoms with van der Waals surface area (Å²) in [5.41, 5.74) is 1.76. The molecule has 1 N–H and O–H groups in total. The van der Waals surface area contributed by atoms with E-state index < -0.39 is 11.9 Å². The van der Waals surface area contributed by atoms with Crippen LogP contribution in [0, 0.1) is 5.92 Å². The molecule has 0 unspecified atom stereocenters. The second kappa shape index (κ2) is 5.79. The second-order valence-corrected chi connectivity index (χ2v) is 5.83. The van der Waals surface area contributed by atoms with Gasteiger partial charge in [0.05, 0.1) is 5.92 Å². The van der Waals surface area contributed by atoms with Crippen molar-refractivity contribution in [3.63, 3.8) is 0 Å². The smallest absolute Gasteiger partial charge is 0.308 e. The van der Waals surface area contributed by atoms with Gasteiger partial charge in [-0.1, -0.05) is 12.1 Å². The van der Waals surface area contributed by atoms with E-state index in [2.05, 4.69) is 0 Å². The predicted octanol–water partition coefficient (Wildman–Crippen LogP) is 1.25. The summed E-state index contributed by atoms with van der Waals surface area (Å²) in [5.74, 6) is -1.54. The molecule has 0 aliphatic carbocycles. The van der Waals surface area contributed by atoms with Crippen molar-refractivity contribution in [3.8, 4) is 0 Å². The maximum atomic E-state index is 11.9. The Labute approximate surface area is 128 Å². The highest BCUT2D eigenvalue weighted by atomic mass is 16.4. The zero-order valence-electron chi connectivity index (χ0n) is 12.2. The van der Waals surface area contributed by atoms with E-state index in [0.29, 0.717) is 13.0 Å². The highest BCUT2D eigenvalue weighted by Gasteiger charge is 2.34. The number of rotatable bonds is 4. The fraction of sp³-hybridized carbons (Fsp3) is 0.438. The first-order valence-corrected chi connectivity index (χ1v) is 7.44. The SMILES string of the molecule is O=C(O)[C@H]1CC(=O)N(Cc2cccc(N3CCCC3=O)c2)C1. The second-order valence-electron chi connectivity index (χ2n) is 5.83. The van der Waals surface area contributed by atoms with Gasteiger partial charge in [0.2, 0.25) is 11.8 Å². The molecular weight excluding hydrogens is 284 g/mol. The lowest BCUT2D eigenvalue weighted by Crippen LogP contribution is -2.26. The minimum absolute atomic E-state index is 0.0691. The Morgan fingerprint density at radius 1 is 1.27 bits per heavy atom. The van der Waals surface area contributed by atoms with Crippen LogP contribution in [0.2, 0.25) is 0 Å². The topological polar surface area (TPSA) is 77.9 Å². The van der Waals surface area contributed by atoms with Crippen LogP contribution in [0.25, 0.3) is 0 Å². The zero-order chi connectivity index (χ0) is 15.7. The van der Waals surface area contributed by atoms with E-state index in [0.717, 1.165) is 24.2 Å². The summed E-state index contributed by atoms with van der Waals surface area (Å²) in [5, 5.41) is 9.01. The Bertz CT molecular complexity index is 628. The monoisotopic (exact) mass is 302 g/mol. The molecule has 6 heteroatoms. The summed E-state index contributed by atoms with van der Waals surface area (Å²) in [7, 11) is 0. The van der Waals surface area contributed by atoms with Crippen LogP contribution in [0.5, 0.6) is 0 Å². The molecule has 2 saturated heterocycles. The lowest BCUT2D eigenvalue weighted by molar-refractivity contribution is -0.141. The zero-order valence-corrected chi connectivity index (χ0v) is 12.2. The third kappa shape index (κ3) is 2.81. The molecule has 2 amide bonds. The Kier molecular flexibility index (Phi) is 3.83. The number of amides is 2. The number of anilines is 1. The van der Waals surface area contributed by atoms with Gasteiger partial charge in [-0.25, -0.2) is 0 Å². The number of carboxylic acids is 1. The fourth-order valence-corrected chi connectivity index (χ4v) is 3.05. The van der Waals surface area contributed by atoms with Crippen LogP contribution >= 0.6 is 0 Å². The summed E-state index contributed by atoms with van der Waals surface area (Å²) in [6, 6.07) is 7.56. The van der Waals surface area contributed by atoms with E-state index in [9.17, 15) is 14.4 Å². The highest BCUT2D eigenvalue weighted by molar-refractivity contribution is 5.95. The Balaban J connectivity index is 1.72. The van der Waals surface area contributed by atoms with E-state index in [1.165, 1.54) is 0 Å². The largest absolute Gasteiger partial charge is 0.481 e. The summed E-state index contributed by atoms with van der Waals surface area (Å²) >= 11 is 0. The lowest BCUT2D eigenvalue weighted by atomic mass is 10.1. The predicted molar refractivity (Wildman–Crippen MR) is 79.2 cm³/mol. The molecule has 0 spiro atoms. The van der Waals surface area contributed by atoms with Crippen LogP contribution in [0.15, 0.2) is 24.3 Å². The molecule has 1 aromatic rings. The molecule has 2 aliphatic heterocycles. The average Bonchev–Trinajstić information content (AvgIpc) is 3.06. The van der Waals surface area contributed by atoms with Crippen LogP contribution in [0.3, 0.4) is 0 Å². The normalized spacial score (nSPS) is 21.7. The average molecular weight is 302 g/mol. The Morgan fingerprint density at radius 2 is 2.09 bits per heavy atom. The van der Waals surface area contributed by atoms with Crippen LogP contribution in [-0.2, 0) is 20.9 Å². The van der Waals surface area contributed by atoms with E-state index in [4.69, 9.17) is 5.11 Å². The third-order valence-electron chi connectivity index (χ3n) is 4.23. The molecule has 2 heterocycles. The van der Waals surface area contributed by atoms with E-state index >= 15 is 0 Å². The number of carbonyl (C=O) groups is 3. The highest BCUT2D eigenvalue weighted by Crippen LogP contribution is 2.25. The van der Waals surface area contributed by atoms with Crippen LogP contribution in [0.1, 0.15) is 24.8 Å². The number of likely N-dealkylation sites (tertiary alicyclic amines) is 1. The maximum absolute atomic E-state index is 11.9. The first kappa shape index (κ1) is 14.6. The molecule has 2 fully saturated rings.